The van der Waals surface area contributed by atoms with E-state index in [1.54, 1.807) is 0 Å². The van der Waals surface area contributed by atoms with Crippen LogP contribution in [0.5, 0.6) is 0 Å². The summed E-state index contributed by atoms with van der Waals surface area (Å²) in [6.45, 7) is 12.1. The monoisotopic (exact) mass is 1610 g/mol. The lowest BCUT2D eigenvalue weighted by atomic mass is 9.99. The van der Waals surface area contributed by atoms with Gasteiger partial charge in [-0.05, 0) is 43.4 Å². The molecule has 0 aliphatic rings. The summed E-state index contributed by atoms with van der Waals surface area (Å²) >= 11 is 0. The van der Waals surface area contributed by atoms with Crippen molar-refractivity contribution in [2.45, 2.75) is 503 Å². The van der Waals surface area contributed by atoms with Crippen LogP contribution in [-0.2, 0) is 65.4 Å². The summed E-state index contributed by atoms with van der Waals surface area (Å²) in [7, 11) is -9.93. The summed E-state index contributed by atoms with van der Waals surface area (Å²) in [5, 5.41) is 10.7. The summed E-state index contributed by atoms with van der Waals surface area (Å²) < 4.78 is 69.0. The standard InChI is InChI=1S/C91H178O17P2/c1-8-10-11-12-13-41-51-58-65-72-88(93)101-78-86(107-90(95)75-68-61-54-47-40-34-28-22-24-30-36-43-49-56-63-70-83(5)6)80-105-109(97,98)103-76-85(92)77-104-110(99,100)106-81-87(79-102-89(94)73-66-59-52-45-38-32-26-20-16-14-18-23-29-35-42-48-55-62-69-82(3)4)108-91(96)74-67-60-53-46-39-33-27-21-17-15-19-25-31-37-44-50-57-64-71-84(7)9-2/h82-87,92H,8-81H2,1-7H3,(H,97,98)(H,99,100)/t84?,85-,86+,87+/m0/s1. The number of hydrogen-bond acceptors (Lipinski definition) is 15. The number of aliphatic hydroxyl groups excluding tert-OH is 1. The molecule has 6 atom stereocenters. The van der Waals surface area contributed by atoms with Crippen molar-refractivity contribution in [2.75, 3.05) is 39.6 Å². The number of carbonyl (C=O) groups is 4. The van der Waals surface area contributed by atoms with Crippen molar-refractivity contribution in [1.29, 1.82) is 0 Å². The number of rotatable bonds is 89. The molecule has 0 aliphatic carbocycles. The highest BCUT2D eigenvalue weighted by Gasteiger charge is 2.31. The Bertz CT molecular complexity index is 2120. The summed E-state index contributed by atoms with van der Waals surface area (Å²) in [5.41, 5.74) is 0. The van der Waals surface area contributed by atoms with Crippen molar-refractivity contribution in [2.24, 2.45) is 17.8 Å². The number of carbonyl (C=O) groups excluding carboxylic acids is 4. The van der Waals surface area contributed by atoms with Crippen LogP contribution in [0.2, 0.25) is 0 Å². The zero-order valence-corrected chi connectivity index (χ0v) is 74.5. The highest BCUT2D eigenvalue weighted by atomic mass is 31.2. The Morgan fingerprint density at radius 2 is 0.464 bits per heavy atom. The topological polar surface area (TPSA) is 237 Å². The molecule has 0 bridgehead atoms. The van der Waals surface area contributed by atoms with Crippen molar-refractivity contribution in [3.63, 3.8) is 0 Å². The molecule has 0 rings (SSSR count). The Kier molecular flexibility index (Phi) is 79.4. The van der Waals surface area contributed by atoms with E-state index >= 15 is 0 Å². The normalized spacial score (nSPS) is 14.0. The number of unbranched alkanes of at least 4 members (excludes halogenated alkanes) is 56. The van der Waals surface area contributed by atoms with Crippen LogP contribution in [0.15, 0.2) is 0 Å². The van der Waals surface area contributed by atoms with E-state index in [4.69, 9.17) is 37.0 Å². The molecule has 0 aromatic rings. The second kappa shape index (κ2) is 80.8. The van der Waals surface area contributed by atoms with Crippen molar-refractivity contribution < 1.29 is 80.2 Å². The van der Waals surface area contributed by atoms with Gasteiger partial charge < -0.3 is 33.8 Å². The molecule has 3 unspecified atom stereocenters. The molecule has 0 saturated heterocycles. The fourth-order valence-electron chi connectivity index (χ4n) is 14.2. The summed E-state index contributed by atoms with van der Waals surface area (Å²) in [6.07, 6.45) is 73.7. The molecular weight excluding hydrogens is 1430 g/mol. The maximum Gasteiger partial charge on any atom is 0.472 e. The molecule has 0 aromatic carbocycles. The Labute approximate surface area is 677 Å². The SMILES string of the molecule is CCCCCCCCCCCC(=O)OC[C@H](COP(=O)(O)OC[C@H](O)COP(=O)(O)OC[C@@H](COC(=O)CCCCCCCCCCCCCCCCCCCCC(C)C)OC(=O)CCCCCCCCCCCCCCCCCCCCC(C)CC)OC(=O)CCCCCCCCCCCCCCCCCC(C)C. The van der Waals surface area contributed by atoms with Crippen LogP contribution in [0.1, 0.15) is 485 Å². The summed E-state index contributed by atoms with van der Waals surface area (Å²) in [6, 6.07) is 0. The fourth-order valence-corrected chi connectivity index (χ4v) is 15.8. The third kappa shape index (κ3) is 82.6. The van der Waals surface area contributed by atoms with E-state index < -0.39 is 97.5 Å². The van der Waals surface area contributed by atoms with Crippen molar-refractivity contribution >= 4 is 39.5 Å². The molecule has 0 amide bonds. The van der Waals surface area contributed by atoms with Crippen LogP contribution in [0.25, 0.3) is 0 Å². The van der Waals surface area contributed by atoms with Crippen molar-refractivity contribution in [1.82, 2.24) is 0 Å². The quantitative estimate of drug-likeness (QED) is 0.0222. The number of phosphoric ester groups is 2. The molecule has 0 spiro atoms. The lowest BCUT2D eigenvalue weighted by molar-refractivity contribution is -0.161. The van der Waals surface area contributed by atoms with Gasteiger partial charge in [0, 0.05) is 25.7 Å². The molecule has 3 N–H and O–H groups in total. The van der Waals surface area contributed by atoms with Gasteiger partial charge in [0.1, 0.15) is 19.3 Å². The molecule has 0 fully saturated rings. The number of hydrogen-bond donors (Lipinski definition) is 3. The summed E-state index contributed by atoms with van der Waals surface area (Å²) in [4.78, 5) is 73.3. The summed E-state index contributed by atoms with van der Waals surface area (Å²) in [5.74, 6) is 0.397. The van der Waals surface area contributed by atoms with Crippen LogP contribution in [0.3, 0.4) is 0 Å². The first kappa shape index (κ1) is 108. The van der Waals surface area contributed by atoms with Gasteiger partial charge in [-0.15, -0.1) is 0 Å². The third-order valence-electron chi connectivity index (χ3n) is 21.7. The van der Waals surface area contributed by atoms with Crippen LogP contribution in [0, 0.1) is 17.8 Å². The zero-order valence-electron chi connectivity index (χ0n) is 72.7. The molecule has 654 valence electrons. The zero-order chi connectivity index (χ0) is 80.8. The first-order valence-electron chi connectivity index (χ1n) is 46.9. The Balaban J connectivity index is 5.20. The second-order valence-electron chi connectivity index (χ2n) is 33.9. The van der Waals surface area contributed by atoms with Gasteiger partial charge in [-0.25, -0.2) is 9.13 Å². The minimum absolute atomic E-state index is 0.108. The van der Waals surface area contributed by atoms with E-state index in [0.29, 0.717) is 25.7 Å². The fraction of sp³-hybridized carbons (Fsp3) is 0.956. The number of ether oxygens (including phenoxy) is 4. The smallest absolute Gasteiger partial charge is 0.462 e. The predicted molar refractivity (Wildman–Crippen MR) is 455 cm³/mol. The third-order valence-corrected chi connectivity index (χ3v) is 23.6. The van der Waals surface area contributed by atoms with Gasteiger partial charge in [-0.1, -0.05) is 434 Å². The Morgan fingerprint density at radius 1 is 0.264 bits per heavy atom. The predicted octanol–water partition coefficient (Wildman–Crippen LogP) is 28.0. The molecule has 0 aromatic heterocycles. The van der Waals surface area contributed by atoms with Crippen molar-refractivity contribution in [3.05, 3.63) is 0 Å². The molecule has 0 heterocycles. The highest BCUT2D eigenvalue weighted by Crippen LogP contribution is 2.45. The van der Waals surface area contributed by atoms with Gasteiger partial charge in [0.05, 0.1) is 26.4 Å². The van der Waals surface area contributed by atoms with Gasteiger partial charge in [-0.2, -0.15) is 0 Å². The van der Waals surface area contributed by atoms with E-state index in [2.05, 4.69) is 48.5 Å². The number of esters is 4. The van der Waals surface area contributed by atoms with E-state index in [1.807, 2.05) is 0 Å². The minimum atomic E-state index is -4.97. The van der Waals surface area contributed by atoms with Gasteiger partial charge >= 0.3 is 39.5 Å². The minimum Gasteiger partial charge on any atom is -0.462 e. The van der Waals surface area contributed by atoms with Crippen LogP contribution in [0.4, 0.5) is 0 Å². The van der Waals surface area contributed by atoms with Crippen molar-refractivity contribution in [3.8, 4) is 0 Å². The average molecular weight is 1610 g/mol. The second-order valence-corrected chi connectivity index (χ2v) is 36.8. The van der Waals surface area contributed by atoms with Gasteiger partial charge in [0.15, 0.2) is 12.2 Å². The number of aliphatic hydroxyl groups is 1. The van der Waals surface area contributed by atoms with Crippen LogP contribution in [-0.4, -0.2) is 96.7 Å². The first-order chi connectivity index (χ1) is 53.3. The van der Waals surface area contributed by atoms with Gasteiger partial charge in [0.2, 0.25) is 0 Å². The maximum atomic E-state index is 13.2. The van der Waals surface area contributed by atoms with Gasteiger partial charge in [-0.3, -0.25) is 37.3 Å². The van der Waals surface area contributed by atoms with E-state index in [9.17, 15) is 43.2 Å². The first-order valence-corrected chi connectivity index (χ1v) is 49.9. The Morgan fingerprint density at radius 3 is 0.691 bits per heavy atom. The lowest BCUT2D eigenvalue weighted by Gasteiger charge is -2.21. The molecular formula is C91H178O17P2. The molecule has 110 heavy (non-hydrogen) atoms. The number of phosphoric acid groups is 2. The van der Waals surface area contributed by atoms with E-state index in [0.717, 1.165) is 108 Å². The van der Waals surface area contributed by atoms with E-state index in [-0.39, 0.29) is 25.7 Å². The molecule has 0 radical (unpaired) electrons. The molecule has 19 heteroatoms. The van der Waals surface area contributed by atoms with Crippen LogP contribution >= 0.6 is 15.6 Å². The molecule has 17 nitrogen and oxygen atoms in total. The molecule has 0 aliphatic heterocycles. The van der Waals surface area contributed by atoms with Gasteiger partial charge in [0.25, 0.3) is 0 Å². The molecule has 0 saturated carbocycles. The van der Waals surface area contributed by atoms with E-state index in [1.165, 1.54) is 295 Å². The largest absolute Gasteiger partial charge is 0.472 e. The average Bonchev–Trinajstić information content (AvgIpc) is 0.900. The lowest BCUT2D eigenvalue weighted by Crippen LogP contribution is -2.30. The highest BCUT2D eigenvalue weighted by molar-refractivity contribution is 7.47. The van der Waals surface area contributed by atoms with Crippen LogP contribution < -0.4 is 0 Å². The Hall–Kier alpha value is -1.94. The maximum absolute atomic E-state index is 13.2.